The van der Waals surface area contributed by atoms with Gasteiger partial charge in [-0.2, -0.15) is 0 Å². The number of carbonyl (C=O) groups is 2. The summed E-state index contributed by atoms with van der Waals surface area (Å²) in [6, 6.07) is 6.05. The van der Waals surface area contributed by atoms with E-state index in [0.717, 1.165) is 0 Å². The van der Waals surface area contributed by atoms with Crippen LogP contribution in [0.15, 0.2) is 24.3 Å². The molecular weight excluding hydrogens is 260 g/mol. The highest BCUT2D eigenvalue weighted by atomic mass is 16.3. The van der Waals surface area contributed by atoms with Crippen LogP contribution < -0.4 is 5.73 Å². The second-order valence-electron chi connectivity index (χ2n) is 4.85. The van der Waals surface area contributed by atoms with Crippen LogP contribution in [0.4, 0.5) is 0 Å². The normalized spacial score (nSPS) is 13.6. The lowest BCUT2D eigenvalue weighted by Gasteiger charge is -2.25. The Kier molecular flexibility index (Phi) is 5.66. The first kappa shape index (κ1) is 16.1. The topological polar surface area (TPSA) is 104 Å². The van der Waals surface area contributed by atoms with E-state index in [4.69, 9.17) is 5.73 Å². The quantitative estimate of drug-likeness (QED) is 0.681. The molecule has 0 bridgehead atoms. The molecule has 110 valence electrons. The SMILES string of the molecule is CC(O)CN(CC(C)O)C(=O)c1cccc(C(N)=O)c1. The van der Waals surface area contributed by atoms with Crippen molar-refractivity contribution in [1.29, 1.82) is 0 Å². The zero-order valence-electron chi connectivity index (χ0n) is 11.6. The largest absolute Gasteiger partial charge is 0.392 e. The first-order valence-corrected chi connectivity index (χ1v) is 6.36. The van der Waals surface area contributed by atoms with E-state index in [2.05, 4.69) is 0 Å². The van der Waals surface area contributed by atoms with Gasteiger partial charge in [-0.3, -0.25) is 9.59 Å². The lowest BCUT2D eigenvalue weighted by atomic mass is 10.1. The number of rotatable bonds is 6. The molecule has 0 aliphatic heterocycles. The molecule has 2 unspecified atom stereocenters. The maximum absolute atomic E-state index is 12.3. The van der Waals surface area contributed by atoms with E-state index in [1.54, 1.807) is 26.0 Å². The van der Waals surface area contributed by atoms with Crippen LogP contribution in [0.3, 0.4) is 0 Å². The molecule has 0 fully saturated rings. The smallest absolute Gasteiger partial charge is 0.254 e. The van der Waals surface area contributed by atoms with Crippen LogP contribution in [0, 0.1) is 0 Å². The van der Waals surface area contributed by atoms with Crippen molar-refractivity contribution in [1.82, 2.24) is 4.90 Å². The number of benzene rings is 1. The summed E-state index contributed by atoms with van der Waals surface area (Å²) in [5.41, 5.74) is 5.71. The first-order chi connectivity index (χ1) is 9.31. The lowest BCUT2D eigenvalue weighted by Crippen LogP contribution is -2.40. The molecular formula is C14H20N2O4. The van der Waals surface area contributed by atoms with Gasteiger partial charge in [-0.05, 0) is 32.0 Å². The minimum Gasteiger partial charge on any atom is -0.392 e. The molecule has 0 aliphatic carbocycles. The predicted molar refractivity (Wildman–Crippen MR) is 74.2 cm³/mol. The standard InChI is InChI=1S/C14H20N2O4/c1-9(17)7-16(8-10(2)18)14(20)12-5-3-4-11(6-12)13(15)19/h3-6,9-10,17-18H,7-8H2,1-2H3,(H2,15,19). The maximum atomic E-state index is 12.3. The van der Waals surface area contributed by atoms with E-state index in [1.807, 2.05) is 0 Å². The van der Waals surface area contributed by atoms with Gasteiger partial charge in [-0.25, -0.2) is 0 Å². The van der Waals surface area contributed by atoms with E-state index in [9.17, 15) is 19.8 Å². The molecule has 4 N–H and O–H groups in total. The number of nitrogens with two attached hydrogens (primary N) is 1. The van der Waals surface area contributed by atoms with Gasteiger partial charge in [0.1, 0.15) is 0 Å². The first-order valence-electron chi connectivity index (χ1n) is 6.36. The van der Waals surface area contributed by atoms with Crippen molar-refractivity contribution < 1.29 is 19.8 Å². The van der Waals surface area contributed by atoms with Crippen molar-refractivity contribution in [2.45, 2.75) is 26.1 Å². The monoisotopic (exact) mass is 280 g/mol. The van der Waals surface area contributed by atoms with Gasteiger partial charge < -0.3 is 20.8 Å². The molecule has 2 amide bonds. The lowest BCUT2D eigenvalue weighted by molar-refractivity contribution is 0.0518. The fourth-order valence-electron chi connectivity index (χ4n) is 1.87. The molecule has 0 saturated heterocycles. The van der Waals surface area contributed by atoms with Crippen LogP contribution >= 0.6 is 0 Å². The molecule has 2 atom stereocenters. The number of hydrogen-bond acceptors (Lipinski definition) is 4. The van der Waals surface area contributed by atoms with Crippen LogP contribution in [-0.2, 0) is 0 Å². The van der Waals surface area contributed by atoms with Gasteiger partial charge in [0.2, 0.25) is 5.91 Å². The maximum Gasteiger partial charge on any atom is 0.254 e. The van der Waals surface area contributed by atoms with Gasteiger partial charge in [0.05, 0.1) is 12.2 Å². The van der Waals surface area contributed by atoms with Crippen molar-refractivity contribution in [3.05, 3.63) is 35.4 Å². The molecule has 0 aliphatic rings. The van der Waals surface area contributed by atoms with Gasteiger partial charge >= 0.3 is 0 Å². The van der Waals surface area contributed by atoms with Crippen molar-refractivity contribution in [3.63, 3.8) is 0 Å². The summed E-state index contributed by atoms with van der Waals surface area (Å²) in [6.45, 7) is 3.32. The Morgan fingerprint density at radius 2 is 1.65 bits per heavy atom. The van der Waals surface area contributed by atoms with Crippen LogP contribution in [0.1, 0.15) is 34.6 Å². The van der Waals surface area contributed by atoms with Crippen LogP contribution in [0.2, 0.25) is 0 Å². The number of amides is 2. The van der Waals surface area contributed by atoms with Gasteiger partial charge in [-0.1, -0.05) is 6.07 Å². The van der Waals surface area contributed by atoms with Crippen molar-refractivity contribution >= 4 is 11.8 Å². The zero-order valence-corrected chi connectivity index (χ0v) is 11.6. The average Bonchev–Trinajstić information content (AvgIpc) is 2.36. The van der Waals surface area contributed by atoms with E-state index in [1.165, 1.54) is 17.0 Å². The molecule has 0 heterocycles. The Hall–Kier alpha value is -1.92. The molecule has 0 radical (unpaired) electrons. The average molecular weight is 280 g/mol. The van der Waals surface area contributed by atoms with E-state index >= 15 is 0 Å². The van der Waals surface area contributed by atoms with Crippen LogP contribution in [0.5, 0.6) is 0 Å². The molecule has 1 aromatic rings. The Labute approximate surface area is 117 Å². The minimum atomic E-state index is -0.711. The third kappa shape index (κ3) is 4.64. The molecule has 0 aromatic heterocycles. The highest BCUT2D eigenvalue weighted by molar-refractivity contribution is 5.99. The number of hydrogen-bond donors (Lipinski definition) is 3. The fraction of sp³-hybridized carbons (Fsp3) is 0.429. The summed E-state index contributed by atoms with van der Waals surface area (Å²) in [5, 5.41) is 18.8. The molecule has 6 heteroatoms. The van der Waals surface area contributed by atoms with Crippen molar-refractivity contribution in [2.24, 2.45) is 5.73 Å². The Morgan fingerprint density at radius 1 is 1.15 bits per heavy atom. The Bertz CT molecular complexity index is 476. The van der Waals surface area contributed by atoms with E-state index in [0.29, 0.717) is 5.56 Å². The van der Waals surface area contributed by atoms with Crippen molar-refractivity contribution in [2.75, 3.05) is 13.1 Å². The molecule has 1 aromatic carbocycles. The molecule has 20 heavy (non-hydrogen) atoms. The third-order valence-corrected chi connectivity index (χ3v) is 2.65. The van der Waals surface area contributed by atoms with Gasteiger partial charge in [0.15, 0.2) is 0 Å². The van der Waals surface area contributed by atoms with E-state index in [-0.39, 0.29) is 24.6 Å². The predicted octanol–water partition coefficient (Wildman–Crippen LogP) is -0.0107. The zero-order chi connectivity index (χ0) is 15.3. The summed E-state index contributed by atoms with van der Waals surface area (Å²) in [7, 11) is 0. The molecule has 0 spiro atoms. The van der Waals surface area contributed by atoms with Crippen LogP contribution in [0.25, 0.3) is 0 Å². The summed E-state index contributed by atoms with van der Waals surface area (Å²) in [5.74, 6) is -0.979. The summed E-state index contributed by atoms with van der Waals surface area (Å²) in [4.78, 5) is 24.8. The minimum absolute atomic E-state index is 0.102. The third-order valence-electron chi connectivity index (χ3n) is 2.65. The second kappa shape index (κ2) is 7.02. The summed E-state index contributed by atoms with van der Waals surface area (Å²) < 4.78 is 0. The number of aliphatic hydroxyl groups excluding tert-OH is 2. The number of carbonyl (C=O) groups excluding carboxylic acids is 2. The van der Waals surface area contributed by atoms with E-state index < -0.39 is 18.1 Å². The highest BCUT2D eigenvalue weighted by Crippen LogP contribution is 2.10. The number of nitrogens with zero attached hydrogens (tertiary/aromatic N) is 1. The molecule has 1 rings (SSSR count). The Morgan fingerprint density at radius 3 is 2.10 bits per heavy atom. The van der Waals surface area contributed by atoms with Crippen molar-refractivity contribution in [3.8, 4) is 0 Å². The van der Waals surface area contributed by atoms with Gasteiger partial charge in [0, 0.05) is 24.2 Å². The summed E-state index contributed by atoms with van der Waals surface area (Å²) >= 11 is 0. The Balaban J connectivity index is 2.98. The van der Waals surface area contributed by atoms with Gasteiger partial charge in [0.25, 0.3) is 5.91 Å². The fourth-order valence-corrected chi connectivity index (χ4v) is 1.87. The number of primary amides is 1. The molecule has 0 saturated carbocycles. The van der Waals surface area contributed by atoms with Crippen LogP contribution in [-0.4, -0.2) is 52.2 Å². The molecule has 6 nitrogen and oxygen atoms in total. The second-order valence-corrected chi connectivity index (χ2v) is 4.85. The highest BCUT2D eigenvalue weighted by Gasteiger charge is 2.19. The van der Waals surface area contributed by atoms with Gasteiger partial charge in [-0.15, -0.1) is 0 Å². The number of aliphatic hydroxyl groups is 2. The summed E-state index contributed by atoms with van der Waals surface area (Å²) in [6.07, 6.45) is -1.42.